The molecular weight excluding hydrogens is 564 g/mol. The second-order valence-electron chi connectivity index (χ2n) is 10.1. The smallest absolute Gasteiger partial charge is 0.255 e. The molecule has 2 saturated heterocycles. The number of amidine groups is 1. The van der Waals surface area contributed by atoms with Crippen molar-refractivity contribution in [1.82, 2.24) is 15.1 Å². The fourth-order valence-corrected chi connectivity index (χ4v) is 7.59. The second-order valence-corrected chi connectivity index (χ2v) is 12.5. The summed E-state index contributed by atoms with van der Waals surface area (Å²) in [6.45, 7) is 2.46. The number of para-hydroxylation sites is 1. The summed E-state index contributed by atoms with van der Waals surface area (Å²) in [5, 5.41) is 21.1. The number of hydrogen-bond acceptors (Lipinski definition) is 8. The van der Waals surface area contributed by atoms with Crippen LogP contribution in [0.5, 0.6) is 5.75 Å². The molecule has 5 N–H and O–H groups in total. The van der Waals surface area contributed by atoms with Gasteiger partial charge in [0.2, 0.25) is 11.8 Å². The van der Waals surface area contributed by atoms with Crippen molar-refractivity contribution in [3.63, 3.8) is 0 Å². The summed E-state index contributed by atoms with van der Waals surface area (Å²) in [4.78, 5) is 46.3. The summed E-state index contributed by atoms with van der Waals surface area (Å²) in [5.74, 6) is -0.321. The highest BCUT2D eigenvalue weighted by atomic mass is 32.2. The lowest BCUT2D eigenvalue weighted by atomic mass is 9.87. The van der Waals surface area contributed by atoms with Gasteiger partial charge in [0.25, 0.3) is 5.91 Å². The molecule has 0 aliphatic carbocycles. The Morgan fingerprint density at radius 3 is 2.78 bits per heavy atom. The van der Waals surface area contributed by atoms with E-state index in [-0.39, 0.29) is 35.2 Å². The number of benzene rings is 2. The Balaban J connectivity index is 1.31. The van der Waals surface area contributed by atoms with E-state index >= 15 is 0 Å². The molecule has 2 aromatic rings. The van der Waals surface area contributed by atoms with Gasteiger partial charge in [-0.3, -0.25) is 19.8 Å². The minimum Gasteiger partial charge on any atom is -0.493 e. The average Bonchev–Trinajstić information content (AvgIpc) is 3.28. The molecular formula is C28H32N6O5S2. The second kappa shape index (κ2) is 12.1. The van der Waals surface area contributed by atoms with E-state index in [1.54, 1.807) is 0 Å². The third kappa shape index (κ3) is 5.66. The number of likely N-dealkylation sites (tertiary alicyclic amines) is 1. The molecule has 3 aliphatic heterocycles. The minimum absolute atomic E-state index is 0.0555. The molecule has 2 aromatic carbocycles. The van der Waals surface area contributed by atoms with Crippen LogP contribution in [0.25, 0.3) is 0 Å². The number of amides is 3. The minimum atomic E-state index is -1.58. The number of nitrogens with zero attached hydrogens (tertiary/aromatic N) is 3. The molecule has 11 nitrogen and oxygen atoms in total. The first-order valence-corrected chi connectivity index (χ1v) is 15.2. The van der Waals surface area contributed by atoms with Gasteiger partial charge in [0, 0.05) is 12.0 Å². The number of β-lactam (4-membered cyclic amide) rings is 1. The number of aliphatic hydroxyl groups excluding tert-OH is 1. The summed E-state index contributed by atoms with van der Waals surface area (Å²) in [6.07, 6.45) is 0.0634. The van der Waals surface area contributed by atoms with Gasteiger partial charge in [-0.15, -0.1) is 11.8 Å². The van der Waals surface area contributed by atoms with E-state index in [1.165, 1.54) is 16.7 Å². The van der Waals surface area contributed by atoms with Crippen LogP contribution in [0.15, 0.2) is 59.6 Å². The van der Waals surface area contributed by atoms with Crippen LogP contribution in [0.1, 0.15) is 30.5 Å². The van der Waals surface area contributed by atoms with Crippen LogP contribution in [0.4, 0.5) is 0 Å². The number of carbonyl (C=O) groups is 3. The maximum absolute atomic E-state index is 13.7. The molecule has 5 atom stereocenters. The molecule has 5 rings (SSSR count). The number of ether oxygens (including phenoxy) is 1. The zero-order chi connectivity index (χ0) is 29.1. The molecule has 3 heterocycles. The van der Waals surface area contributed by atoms with Crippen LogP contribution < -0.4 is 15.8 Å². The first kappa shape index (κ1) is 29.0. The van der Waals surface area contributed by atoms with Gasteiger partial charge < -0.3 is 30.7 Å². The van der Waals surface area contributed by atoms with Gasteiger partial charge in [-0.1, -0.05) is 60.3 Å². The van der Waals surface area contributed by atoms with Crippen LogP contribution in [0.2, 0.25) is 0 Å². The Morgan fingerprint density at radius 2 is 2.02 bits per heavy atom. The molecule has 216 valence electrons. The third-order valence-electron chi connectivity index (χ3n) is 7.61. The summed E-state index contributed by atoms with van der Waals surface area (Å²) in [6, 6.07) is 15.1. The lowest BCUT2D eigenvalue weighted by Crippen LogP contribution is -2.74. The summed E-state index contributed by atoms with van der Waals surface area (Å²) in [7, 11) is 0. The number of aliphatic imine (C=N–C) groups is 1. The predicted octanol–water partition coefficient (Wildman–Crippen LogP) is 1.71. The van der Waals surface area contributed by atoms with Crippen LogP contribution in [0.3, 0.4) is 0 Å². The number of carbonyl (C=O) groups excluding carboxylic acids is 3. The van der Waals surface area contributed by atoms with E-state index in [0.717, 1.165) is 35.0 Å². The fraction of sp³-hybridized carbons (Fsp3) is 0.393. The molecule has 3 aliphatic rings. The molecule has 0 bridgehead atoms. The third-order valence-corrected chi connectivity index (χ3v) is 9.83. The highest BCUT2D eigenvalue weighted by Crippen LogP contribution is 2.55. The molecule has 2 unspecified atom stereocenters. The Kier molecular flexibility index (Phi) is 8.57. The van der Waals surface area contributed by atoms with Crippen molar-refractivity contribution in [2.24, 2.45) is 10.7 Å². The maximum Gasteiger partial charge on any atom is 0.255 e. The molecule has 0 aromatic heterocycles. The van der Waals surface area contributed by atoms with Crippen molar-refractivity contribution in [3.05, 3.63) is 65.7 Å². The summed E-state index contributed by atoms with van der Waals surface area (Å²) >= 11 is 2.44. The highest BCUT2D eigenvalue weighted by molar-refractivity contribution is 8.14. The molecule has 0 saturated carbocycles. The Hall–Kier alpha value is -3.55. The van der Waals surface area contributed by atoms with Gasteiger partial charge in [-0.2, -0.15) is 0 Å². The predicted molar refractivity (Wildman–Crippen MR) is 159 cm³/mol. The summed E-state index contributed by atoms with van der Waals surface area (Å²) in [5.41, 5.74) is 7.43. The molecule has 41 heavy (non-hydrogen) atoms. The van der Waals surface area contributed by atoms with Gasteiger partial charge in [0.1, 0.15) is 23.0 Å². The van der Waals surface area contributed by atoms with Crippen LogP contribution in [-0.2, 0) is 20.8 Å². The number of thioether (sulfide) groups is 2. The molecule has 13 heteroatoms. The summed E-state index contributed by atoms with van der Waals surface area (Å²) < 4.78 is 5.79. The quantitative estimate of drug-likeness (QED) is 0.193. The van der Waals surface area contributed by atoms with E-state index < -0.39 is 34.9 Å². The van der Waals surface area contributed by atoms with Gasteiger partial charge in [-0.25, -0.2) is 4.99 Å². The van der Waals surface area contributed by atoms with Crippen molar-refractivity contribution in [2.45, 2.75) is 48.9 Å². The van der Waals surface area contributed by atoms with Crippen molar-refractivity contribution in [3.8, 4) is 5.75 Å². The van der Waals surface area contributed by atoms with E-state index in [1.807, 2.05) is 66.4 Å². The number of rotatable bonds is 9. The van der Waals surface area contributed by atoms with Gasteiger partial charge in [0.15, 0.2) is 11.3 Å². The van der Waals surface area contributed by atoms with E-state index in [0.29, 0.717) is 13.0 Å². The van der Waals surface area contributed by atoms with Gasteiger partial charge >= 0.3 is 0 Å². The Bertz CT molecular complexity index is 1360. The first-order valence-electron chi connectivity index (χ1n) is 13.2. The molecule has 0 spiro atoms. The van der Waals surface area contributed by atoms with E-state index in [2.05, 4.69) is 10.3 Å². The zero-order valence-corrected chi connectivity index (χ0v) is 24.1. The van der Waals surface area contributed by atoms with Gasteiger partial charge in [0.05, 0.1) is 30.3 Å². The highest BCUT2D eigenvalue weighted by Gasteiger charge is 2.67. The Morgan fingerprint density at radius 1 is 1.29 bits per heavy atom. The largest absolute Gasteiger partial charge is 0.493 e. The SMILES string of the molecule is CC12SCN(C(=O)[C@@H](O)C(Cc3ccccc3)NC(=O)CSC(N)=NC=N)[C@@H]1C(=O)N2[C@H]1CCOc2ccccc21. The fourth-order valence-electron chi connectivity index (χ4n) is 5.68. The maximum atomic E-state index is 13.7. The Labute approximate surface area is 246 Å². The lowest BCUT2D eigenvalue weighted by Gasteiger charge is -2.56. The number of nitrogens with two attached hydrogens (primary N) is 1. The van der Waals surface area contributed by atoms with Gasteiger partial charge in [-0.05, 0) is 25.0 Å². The first-order chi connectivity index (χ1) is 19.7. The number of aliphatic hydroxyl groups is 1. The molecule has 3 amide bonds. The normalized spacial score (nSPS) is 24.8. The van der Waals surface area contributed by atoms with Crippen molar-refractivity contribution >= 4 is 52.8 Å². The average molecular weight is 597 g/mol. The zero-order valence-electron chi connectivity index (χ0n) is 22.4. The topological polar surface area (TPSA) is 161 Å². The van der Waals surface area contributed by atoms with E-state index in [4.69, 9.17) is 15.9 Å². The monoisotopic (exact) mass is 596 g/mol. The van der Waals surface area contributed by atoms with Crippen LogP contribution in [0, 0.1) is 5.41 Å². The molecule has 0 radical (unpaired) electrons. The standard InChI is InChI=1S/C28H32N6O5S2/c1-28-24(26(38)34(28)20-11-12-39-21-10-6-5-9-18(20)21)33(16-41-28)25(37)23(36)19(13-17-7-3-2-4-8-17)32-22(35)14-40-27(30)31-15-29/h2-10,15,19-20,23-24,36H,11-14,16H2,1H3,(H,32,35)(H3,29,30,31)/t19?,20-,23-,24+,28?/m0/s1. The van der Waals surface area contributed by atoms with Crippen LogP contribution in [-0.4, -0.2) is 85.4 Å². The van der Waals surface area contributed by atoms with Crippen molar-refractivity contribution in [1.29, 1.82) is 5.41 Å². The van der Waals surface area contributed by atoms with Crippen LogP contribution >= 0.6 is 23.5 Å². The van der Waals surface area contributed by atoms with E-state index in [9.17, 15) is 19.5 Å². The number of nitrogens with one attached hydrogen (secondary N) is 2. The lowest BCUT2D eigenvalue weighted by molar-refractivity contribution is -0.172. The number of hydrogen-bond donors (Lipinski definition) is 4. The van der Waals surface area contributed by atoms with Crippen molar-refractivity contribution < 1.29 is 24.2 Å². The molecule has 2 fully saturated rings. The van der Waals surface area contributed by atoms with Crippen molar-refractivity contribution in [2.75, 3.05) is 18.2 Å². The number of fused-ring (bicyclic) bond motifs is 2.